The molecule has 0 radical (unpaired) electrons. The molecule has 0 unspecified atom stereocenters. The zero-order valence-electron chi connectivity index (χ0n) is 15.9. The number of hydrogen-bond acceptors (Lipinski definition) is 4. The summed E-state index contributed by atoms with van der Waals surface area (Å²) < 4.78 is 2.25. The third kappa shape index (κ3) is 3.74. The highest BCUT2D eigenvalue weighted by molar-refractivity contribution is 5.51. The minimum Gasteiger partial charge on any atom is -0.370 e. The van der Waals surface area contributed by atoms with Gasteiger partial charge in [-0.3, -0.25) is 13.9 Å². The highest BCUT2D eigenvalue weighted by Gasteiger charge is 2.17. The number of hydrogen-bond donors (Lipinski definition) is 1. The molecule has 0 spiro atoms. The van der Waals surface area contributed by atoms with Gasteiger partial charge in [-0.25, -0.2) is 4.79 Å². The van der Waals surface area contributed by atoms with Crippen LogP contribution in [0.5, 0.6) is 0 Å². The molecule has 0 aliphatic heterocycles. The van der Waals surface area contributed by atoms with Crippen molar-refractivity contribution >= 4 is 5.82 Å². The van der Waals surface area contributed by atoms with Gasteiger partial charge in [0.05, 0.1) is 0 Å². The fraction of sp³-hybridized carbons (Fsp3) is 0.227. The molecule has 0 aliphatic rings. The number of nitrogens with zero attached hydrogens (tertiary/aromatic N) is 3. The Hall–Kier alpha value is -3.59. The first-order valence-electron chi connectivity index (χ1n) is 9.08. The first kappa shape index (κ1) is 19.2. The van der Waals surface area contributed by atoms with Gasteiger partial charge in [0.2, 0.25) is 0 Å². The van der Waals surface area contributed by atoms with Crippen LogP contribution in [0.2, 0.25) is 0 Å². The molecule has 6 heteroatoms. The second-order valence-electron chi connectivity index (χ2n) is 6.63. The zero-order chi connectivity index (χ0) is 20.1. The van der Waals surface area contributed by atoms with Crippen LogP contribution in [0.15, 0.2) is 70.3 Å². The van der Waals surface area contributed by atoms with Crippen molar-refractivity contribution in [3.8, 4) is 6.07 Å². The van der Waals surface area contributed by atoms with E-state index in [0.29, 0.717) is 6.54 Å². The molecule has 0 fully saturated rings. The Bertz CT molecular complexity index is 1070. The molecule has 0 amide bonds. The van der Waals surface area contributed by atoms with Crippen molar-refractivity contribution in [1.82, 2.24) is 9.13 Å². The summed E-state index contributed by atoms with van der Waals surface area (Å²) in [5, 5.41) is 12.5. The first-order valence-corrected chi connectivity index (χ1v) is 9.08. The van der Waals surface area contributed by atoms with Gasteiger partial charge < -0.3 is 5.32 Å². The molecule has 3 aromatic rings. The van der Waals surface area contributed by atoms with Crippen molar-refractivity contribution < 1.29 is 0 Å². The Labute approximate surface area is 163 Å². The van der Waals surface area contributed by atoms with Crippen LogP contribution in [0.25, 0.3) is 0 Å². The van der Waals surface area contributed by atoms with Gasteiger partial charge >= 0.3 is 5.69 Å². The summed E-state index contributed by atoms with van der Waals surface area (Å²) in [6.45, 7) is 0.504. The van der Waals surface area contributed by atoms with Crippen molar-refractivity contribution in [3.63, 3.8) is 0 Å². The van der Waals surface area contributed by atoms with E-state index >= 15 is 0 Å². The van der Waals surface area contributed by atoms with Crippen molar-refractivity contribution in [2.24, 2.45) is 14.1 Å². The Balaban J connectivity index is 1.88. The Morgan fingerprint density at radius 3 is 1.96 bits per heavy atom. The fourth-order valence-electron chi connectivity index (χ4n) is 3.38. The van der Waals surface area contributed by atoms with Crippen LogP contribution < -0.4 is 16.6 Å². The topological polar surface area (TPSA) is 79.8 Å². The van der Waals surface area contributed by atoms with E-state index in [1.54, 1.807) is 7.05 Å². The van der Waals surface area contributed by atoms with Crippen LogP contribution in [0.3, 0.4) is 0 Å². The lowest BCUT2D eigenvalue weighted by molar-refractivity contribution is 0.678. The SMILES string of the molecule is Cn1c(NCCC(c2ccccc2)c2ccccc2)c(C#N)c(=O)n(C)c1=O. The standard InChI is InChI=1S/C22H22N4O2/c1-25-20(19(15-23)21(27)26(2)22(25)28)24-14-13-18(16-9-5-3-6-10-16)17-11-7-4-8-12-17/h3-12,18,24H,13-14H2,1-2H3. The molecule has 0 saturated carbocycles. The van der Waals surface area contributed by atoms with Gasteiger partial charge in [-0.1, -0.05) is 60.7 Å². The van der Waals surface area contributed by atoms with Gasteiger partial charge in [0.25, 0.3) is 5.56 Å². The normalized spacial score (nSPS) is 10.6. The lowest BCUT2D eigenvalue weighted by Crippen LogP contribution is -2.40. The Kier molecular flexibility index (Phi) is 5.75. The highest BCUT2D eigenvalue weighted by atomic mass is 16.2. The van der Waals surface area contributed by atoms with Gasteiger partial charge in [-0.15, -0.1) is 0 Å². The van der Waals surface area contributed by atoms with E-state index in [1.165, 1.54) is 22.7 Å². The summed E-state index contributed by atoms with van der Waals surface area (Å²) >= 11 is 0. The molecule has 0 bridgehead atoms. The van der Waals surface area contributed by atoms with Crippen molar-refractivity contribution in [2.45, 2.75) is 12.3 Å². The molecule has 2 aromatic carbocycles. The molecule has 6 nitrogen and oxygen atoms in total. The van der Waals surface area contributed by atoms with Crippen molar-refractivity contribution in [3.05, 3.63) is 98.2 Å². The first-order chi connectivity index (χ1) is 13.5. The minimum atomic E-state index is -0.587. The molecule has 28 heavy (non-hydrogen) atoms. The zero-order valence-corrected chi connectivity index (χ0v) is 15.9. The average Bonchev–Trinajstić information content (AvgIpc) is 2.74. The highest BCUT2D eigenvalue weighted by Crippen LogP contribution is 2.27. The van der Waals surface area contributed by atoms with E-state index in [-0.39, 0.29) is 17.3 Å². The molecule has 0 saturated heterocycles. The summed E-state index contributed by atoms with van der Waals surface area (Å²) in [5.74, 6) is 0.416. The van der Waals surface area contributed by atoms with Crippen LogP contribution in [0.1, 0.15) is 29.0 Å². The summed E-state index contributed by atoms with van der Waals surface area (Å²) in [6.07, 6.45) is 0.738. The molecule has 1 aromatic heterocycles. The number of benzene rings is 2. The second-order valence-corrected chi connectivity index (χ2v) is 6.63. The van der Waals surface area contributed by atoms with E-state index in [1.807, 2.05) is 42.5 Å². The summed E-state index contributed by atoms with van der Waals surface area (Å²) in [5.41, 5.74) is 1.27. The molecule has 0 atom stereocenters. The fourth-order valence-corrected chi connectivity index (χ4v) is 3.38. The van der Waals surface area contributed by atoms with Crippen molar-refractivity contribution in [2.75, 3.05) is 11.9 Å². The van der Waals surface area contributed by atoms with E-state index in [2.05, 4.69) is 29.6 Å². The number of aromatic nitrogens is 2. The van der Waals surface area contributed by atoms with Gasteiger partial charge in [0, 0.05) is 26.6 Å². The van der Waals surface area contributed by atoms with Crippen molar-refractivity contribution in [1.29, 1.82) is 5.26 Å². The maximum absolute atomic E-state index is 12.2. The Morgan fingerprint density at radius 1 is 0.929 bits per heavy atom. The molecule has 3 rings (SSSR count). The molecule has 1 N–H and O–H groups in total. The Morgan fingerprint density at radius 2 is 1.46 bits per heavy atom. The smallest absolute Gasteiger partial charge is 0.332 e. The molecular weight excluding hydrogens is 352 g/mol. The van der Waals surface area contributed by atoms with Crippen LogP contribution in [0.4, 0.5) is 5.82 Å². The summed E-state index contributed by atoms with van der Waals surface area (Å²) in [7, 11) is 2.92. The van der Waals surface area contributed by atoms with E-state index < -0.39 is 11.2 Å². The van der Waals surface area contributed by atoms with Crippen LogP contribution in [-0.4, -0.2) is 15.7 Å². The largest absolute Gasteiger partial charge is 0.370 e. The van der Waals surface area contributed by atoms with Gasteiger partial charge in [-0.2, -0.15) is 5.26 Å². The third-order valence-electron chi connectivity index (χ3n) is 4.91. The lowest BCUT2D eigenvalue weighted by Gasteiger charge is -2.20. The summed E-state index contributed by atoms with van der Waals surface area (Å²) in [6, 6.07) is 22.3. The predicted molar refractivity (Wildman–Crippen MR) is 109 cm³/mol. The number of rotatable bonds is 6. The third-order valence-corrected chi connectivity index (χ3v) is 4.91. The molecule has 0 aliphatic carbocycles. The average molecular weight is 374 g/mol. The van der Waals surface area contributed by atoms with Crippen LogP contribution in [0, 0.1) is 11.3 Å². The number of anilines is 1. The van der Waals surface area contributed by atoms with E-state index in [9.17, 15) is 14.9 Å². The van der Waals surface area contributed by atoms with E-state index in [4.69, 9.17) is 0 Å². The molecule has 142 valence electrons. The van der Waals surface area contributed by atoms with Crippen LogP contribution >= 0.6 is 0 Å². The summed E-state index contributed by atoms with van der Waals surface area (Å²) in [4.78, 5) is 24.4. The van der Waals surface area contributed by atoms with Gasteiger partial charge in [0.15, 0.2) is 5.56 Å². The number of nitriles is 1. The second kappa shape index (κ2) is 8.40. The lowest BCUT2D eigenvalue weighted by atomic mass is 9.88. The van der Waals surface area contributed by atoms with Gasteiger partial charge in [-0.05, 0) is 17.5 Å². The predicted octanol–water partition coefficient (Wildman–Crippen LogP) is 2.59. The molecular formula is C22H22N4O2. The van der Waals surface area contributed by atoms with Gasteiger partial charge in [0.1, 0.15) is 11.9 Å². The quantitative estimate of drug-likeness (QED) is 0.719. The number of nitrogens with one attached hydrogen (secondary N) is 1. The monoisotopic (exact) mass is 374 g/mol. The van der Waals surface area contributed by atoms with E-state index in [0.717, 1.165) is 11.0 Å². The molecule has 1 heterocycles. The minimum absolute atomic E-state index is 0.0550. The maximum Gasteiger partial charge on any atom is 0.332 e. The van der Waals surface area contributed by atoms with Crippen LogP contribution in [-0.2, 0) is 14.1 Å². The maximum atomic E-state index is 12.2.